The zero-order chi connectivity index (χ0) is 10.9. The van der Waals surface area contributed by atoms with Crippen LogP contribution in [0.3, 0.4) is 0 Å². The molecule has 0 radical (unpaired) electrons. The highest BCUT2D eigenvalue weighted by Gasteiger charge is 2.29. The largest absolute Gasteiger partial charge is 0.356 e. The molecule has 0 bridgehead atoms. The average Bonchev–Trinajstić information content (AvgIpc) is 2.59. The lowest BCUT2D eigenvalue weighted by atomic mass is 9.93. The molecule has 82 valence electrons. The van der Waals surface area contributed by atoms with Crippen molar-refractivity contribution in [2.45, 2.75) is 25.6 Å². The molecule has 2 heterocycles. The molecule has 2 rings (SSSR count). The minimum absolute atomic E-state index is 0.440. The lowest BCUT2D eigenvalue weighted by molar-refractivity contribution is 0.418. The molecule has 0 amide bonds. The number of rotatable bonds is 2. The monoisotopic (exact) mass is 268 g/mol. The normalized spacial score (nSPS) is 19.5. The van der Waals surface area contributed by atoms with E-state index in [0.717, 1.165) is 24.2 Å². The summed E-state index contributed by atoms with van der Waals surface area (Å²) in [4.78, 5) is 6.87. The summed E-state index contributed by atoms with van der Waals surface area (Å²) in [7, 11) is 0. The van der Waals surface area contributed by atoms with Crippen molar-refractivity contribution in [3.05, 3.63) is 23.9 Å². The van der Waals surface area contributed by atoms with Gasteiger partial charge in [-0.15, -0.1) is 0 Å². The highest BCUT2D eigenvalue weighted by Crippen LogP contribution is 2.31. The fraction of sp³-hybridized carbons (Fsp3) is 0.583. The van der Waals surface area contributed by atoms with Crippen molar-refractivity contribution in [3.8, 4) is 0 Å². The van der Waals surface area contributed by atoms with Crippen LogP contribution in [-0.4, -0.2) is 18.1 Å². The molecular weight excluding hydrogens is 252 g/mol. The summed E-state index contributed by atoms with van der Waals surface area (Å²) >= 11 is 3.43. The van der Waals surface area contributed by atoms with Crippen LogP contribution in [0.1, 0.15) is 25.8 Å². The molecule has 3 heteroatoms. The summed E-state index contributed by atoms with van der Waals surface area (Å²) in [5.41, 5.74) is 1.67. The minimum atomic E-state index is 0.440. The minimum Gasteiger partial charge on any atom is -0.356 e. The number of hydrogen-bond donors (Lipinski definition) is 0. The van der Waals surface area contributed by atoms with Gasteiger partial charge in [-0.2, -0.15) is 0 Å². The van der Waals surface area contributed by atoms with Gasteiger partial charge in [-0.3, -0.25) is 0 Å². The fourth-order valence-electron chi connectivity index (χ4n) is 1.99. The number of alkyl halides is 1. The van der Waals surface area contributed by atoms with Gasteiger partial charge in [0.2, 0.25) is 0 Å². The predicted octanol–water partition coefficient (Wildman–Crippen LogP) is 3.21. The standard InChI is InChI=1S/C12H17BrN2/c1-12(2)5-6-15(9-12)11-4-3-10(7-13)8-14-11/h3-4,8H,5-7,9H2,1-2H3. The van der Waals surface area contributed by atoms with E-state index in [4.69, 9.17) is 0 Å². The Morgan fingerprint density at radius 2 is 2.27 bits per heavy atom. The van der Waals surface area contributed by atoms with Gasteiger partial charge in [-0.05, 0) is 23.5 Å². The van der Waals surface area contributed by atoms with Crippen molar-refractivity contribution in [3.63, 3.8) is 0 Å². The van der Waals surface area contributed by atoms with Crippen molar-refractivity contribution in [1.29, 1.82) is 0 Å². The van der Waals surface area contributed by atoms with Gasteiger partial charge in [-0.1, -0.05) is 35.8 Å². The maximum absolute atomic E-state index is 4.49. The predicted molar refractivity (Wildman–Crippen MR) is 67.5 cm³/mol. The summed E-state index contributed by atoms with van der Waals surface area (Å²) in [6.45, 7) is 6.89. The van der Waals surface area contributed by atoms with Crippen molar-refractivity contribution in [1.82, 2.24) is 4.98 Å². The maximum Gasteiger partial charge on any atom is 0.128 e. The molecule has 0 N–H and O–H groups in total. The molecule has 1 fully saturated rings. The van der Waals surface area contributed by atoms with Crippen molar-refractivity contribution < 1.29 is 0 Å². The molecule has 1 saturated heterocycles. The molecule has 1 aromatic heterocycles. The molecule has 0 aromatic carbocycles. The van der Waals surface area contributed by atoms with E-state index in [1.54, 1.807) is 0 Å². The van der Waals surface area contributed by atoms with Gasteiger partial charge in [-0.25, -0.2) is 4.98 Å². The van der Waals surface area contributed by atoms with E-state index >= 15 is 0 Å². The number of aromatic nitrogens is 1. The Morgan fingerprint density at radius 1 is 1.47 bits per heavy atom. The lowest BCUT2D eigenvalue weighted by Gasteiger charge is -2.20. The molecular formula is C12H17BrN2. The number of pyridine rings is 1. The summed E-state index contributed by atoms with van der Waals surface area (Å²) in [6.07, 6.45) is 3.21. The number of hydrogen-bond acceptors (Lipinski definition) is 2. The van der Waals surface area contributed by atoms with Crippen LogP contribution < -0.4 is 4.90 Å². The Balaban J connectivity index is 2.11. The first-order valence-corrected chi connectivity index (χ1v) is 6.49. The summed E-state index contributed by atoms with van der Waals surface area (Å²) in [6, 6.07) is 4.26. The molecule has 0 atom stereocenters. The molecule has 0 aliphatic carbocycles. The highest BCUT2D eigenvalue weighted by molar-refractivity contribution is 9.08. The lowest BCUT2D eigenvalue weighted by Crippen LogP contribution is -2.23. The zero-order valence-corrected chi connectivity index (χ0v) is 10.9. The average molecular weight is 269 g/mol. The van der Waals surface area contributed by atoms with Gasteiger partial charge in [0.15, 0.2) is 0 Å². The molecule has 0 spiro atoms. The van der Waals surface area contributed by atoms with E-state index in [1.165, 1.54) is 12.0 Å². The topological polar surface area (TPSA) is 16.1 Å². The third kappa shape index (κ3) is 2.51. The zero-order valence-electron chi connectivity index (χ0n) is 9.33. The third-order valence-corrected chi connectivity index (χ3v) is 3.61. The van der Waals surface area contributed by atoms with Crippen LogP contribution in [0.2, 0.25) is 0 Å². The molecule has 2 nitrogen and oxygen atoms in total. The van der Waals surface area contributed by atoms with E-state index in [2.05, 4.69) is 51.8 Å². The number of anilines is 1. The molecule has 0 saturated carbocycles. The Hall–Kier alpha value is -0.570. The second-order valence-corrected chi connectivity index (χ2v) is 5.55. The highest BCUT2D eigenvalue weighted by atomic mass is 79.9. The Morgan fingerprint density at radius 3 is 2.73 bits per heavy atom. The van der Waals surface area contributed by atoms with Gasteiger partial charge >= 0.3 is 0 Å². The van der Waals surface area contributed by atoms with Crippen LogP contribution in [0, 0.1) is 5.41 Å². The van der Waals surface area contributed by atoms with Crippen LogP contribution in [0.25, 0.3) is 0 Å². The second kappa shape index (κ2) is 4.12. The molecule has 1 aliphatic rings. The first kappa shape index (κ1) is 10.9. The van der Waals surface area contributed by atoms with Gasteiger partial charge in [0.1, 0.15) is 5.82 Å². The molecule has 1 aromatic rings. The van der Waals surface area contributed by atoms with Crippen LogP contribution >= 0.6 is 15.9 Å². The van der Waals surface area contributed by atoms with Gasteiger partial charge in [0.25, 0.3) is 0 Å². The van der Waals surface area contributed by atoms with E-state index < -0.39 is 0 Å². The third-order valence-electron chi connectivity index (χ3n) is 2.96. The van der Waals surface area contributed by atoms with E-state index in [0.29, 0.717) is 5.41 Å². The summed E-state index contributed by atoms with van der Waals surface area (Å²) < 4.78 is 0. The first-order valence-electron chi connectivity index (χ1n) is 5.37. The van der Waals surface area contributed by atoms with E-state index in [1.807, 2.05) is 6.20 Å². The van der Waals surface area contributed by atoms with Gasteiger partial charge < -0.3 is 4.90 Å². The quantitative estimate of drug-likeness (QED) is 0.766. The van der Waals surface area contributed by atoms with E-state index in [9.17, 15) is 0 Å². The van der Waals surface area contributed by atoms with Crippen molar-refractivity contribution in [2.24, 2.45) is 5.41 Å². The first-order chi connectivity index (χ1) is 7.11. The van der Waals surface area contributed by atoms with Gasteiger partial charge in [0.05, 0.1) is 0 Å². The Labute approximate surface area is 99.8 Å². The van der Waals surface area contributed by atoms with Crippen LogP contribution in [-0.2, 0) is 5.33 Å². The summed E-state index contributed by atoms with van der Waals surface area (Å²) in [5.74, 6) is 1.12. The second-order valence-electron chi connectivity index (χ2n) is 4.99. The number of halogens is 1. The summed E-state index contributed by atoms with van der Waals surface area (Å²) in [5, 5.41) is 0.881. The Bertz CT molecular complexity index is 332. The SMILES string of the molecule is CC1(C)CCN(c2ccc(CBr)cn2)C1. The van der Waals surface area contributed by atoms with Gasteiger partial charge in [0, 0.05) is 24.6 Å². The molecule has 1 aliphatic heterocycles. The smallest absolute Gasteiger partial charge is 0.128 e. The fourth-order valence-corrected chi connectivity index (χ4v) is 2.32. The van der Waals surface area contributed by atoms with Crippen LogP contribution in [0.4, 0.5) is 5.82 Å². The van der Waals surface area contributed by atoms with Crippen molar-refractivity contribution in [2.75, 3.05) is 18.0 Å². The Kier molecular flexibility index (Phi) is 3.01. The van der Waals surface area contributed by atoms with Crippen LogP contribution in [0.5, 0.6) is 0 Å². The molecule has 0 unspecified atom stereocenters. The van der Waals surface area contributed by atoms with Crippen molar-refractivity contribution >= 4 is 21.7 Å². The number of nitrogens with zero attached hydrogens (tertiary/aromatic N) is 2. The maximum atomic E-state index is 4.49. The molecule has 15 heavy (non-hydrogen) atoms. The van der Waals surface area contributed by atoms with Crippen LogP contribution in [0.15, 0.2) is 18.3 Å². The van der Waals surface area contributed by atoms with E-state index in [-0.39, 0.29) is 0 Å².